The molecule has 28 heavy (non-hydrogen) atoms. The molecule has 2 aromatic rings. The molecule has 0 saturated carbocycles. The van der Waals surface area contributed by atoms with Crippen molar-refractivity contribution in [1.29, 1.82) is 0 Å². The zero-order valence-electron chi connectivity index (χ0n) is 14.9. The van der Waals surface area contributed by atoms with Crippen molar-refractivity contribution in [2.75, 3.05) is 31.1 Å². The Labute approximate surface area is 160 Å². The first-order valence-corrected chi connectivity index (χ1v) is 8.60. The summed E-state index contributed by atoms with van der Waals surface area (Å²) < 4.78 is 43.9. The molecule has 1 saturated heterocycles. The first-order chi connectivity index (χ1) is 13.4. The maximum atomic E-state index is 12.7. The Balaban J connectivity index is 1.68. The van der Waals surface area contributed by atoms with E-state index < -0.39 is 11.7 Å². The molecule has 0 aliphatic carbocycles. The SMILES string of the molecule is C#CCNC(=O)c1ccc(N2CCOC(c3ccc(C(F)(F)F)cc3)C2)nc1. The topological polar surface area (TPSA) is 54.5 Å². The fourth-order valence-electron chi connectivity index (χ4n) is 2.89. The minimum atomic E-state index is -4.36. The van der Waals surface area contributed by atoms with E-state index in [9.17, 15) is 18.0 Å². The molecule has 1 unspecified atom stereocenters. The molecule has 1 aromatic heterocycles. The number of anilines is 1. The number of nitrogens with zero attached hydrogens (tertiary/aromatic N) is 2. The van der Waals surface area contributed by atoms with E-state index in [0.717, 1.165) is 12.1 Å². The monoisotopic (exact) mass is 389 g/mol. The number of morpholine rings is 1. The normalized spacial score (nSPS) is 17.1. The number of hydrogen-bond acceptors (Lipinski definition) is 4. The third kappa shape index (κ3) is 4.61. The average Bonchev–Trinajstić information content (AvgIpc) is 2.71. The number of hydrogen-bond donors (Lipinski definition) is 1. The van der Waals surface area contributed by atoms with Crippen LogP contribution >= 0.6 is 0 Å². The third-order valence-corrected chi connectivity index (χ3v) is 4.36. The Morgan fingerprint density at radius 2 is 2.04 bits per heavy atom. The summed E-state index contributed by atoms with van der Waals surface area (Å²) in [5.41, 5.74) is 0.374. The van der Waals surface area contributed by atoms with Crippen molar-refractivity contribution in [3.8, 4) is 12.3 Å². The van der Waals surface area contributed by atoms with Gasteiger partial charge in [0.05, 0.1) is 24.3 Å². The van der Waals surface area contributed by atoms with Gasteiger partial charge < -0.3 is 15.0 Å². The van der Waals surface area contributed by atoms with E-state index in [4.69, 9.17) is 11.2 Å². The van der Waals surface area contributed by atoms with Crippen LogP contribution in [0.4, 0.5) is 19.0 Å². The smallest absolute Gasteiger partial charge is 0.370 e. The van der Waals surface area contributed by atoms with Crippen molar-refractivity contribution in [2.24, 2.45) is 0 Å². The molecule has 1 aromatic carbocycles. The first kappa shape index (κ1) is 19.7. The van der Waals surface area contributed by atoms with Gasteiger partial charge in [-0.05, 0) is 29.8 Å². The maximum Gasteiger partial charge on any atom is 0.416 e. The van der Waals surface area contributed by atoms with Crippen LogP contribution in [0, 0.1) is 12.3 Å². The molecule has 3 rings (SSSR count). The molecule has 1 aliphatic heterocycles. The van der Waals surface area contributed by atoms with Crippen LogP contribution in [0.3, 0.4) is 0 Å². The second-order valence-electron chi connectivity index (χ2n) is 6.22. The van der Waals surface area contributed by atoms with Crippen LogP contribution in [0.25, 0.3) is 0 Å². The third-order valence-electron chi connectivity index (χ3n) is 4.36. The van der Waals surface area contributed by atoms with Gasteiger partial charge in [-0.2, -0.15) is 13.2 Å². The summed E-state index contributed by atoms with van der Waals surface area (Å²) in [6, 6.07) is 8.35. The number of halogens is 3. The van der Waals surface area contributed by atoms with Crippen LogP contribution in [0.2, 0.25) is 0 Å². The zero-order valence-corrected chi connectivity index (χ0v) is 14.9. The highest BCUT2D eigenvalue weighted by atomic mass is 19.4. The minimum absolute atomic E-state index is 0.138. The Morgan fingerprint density at radius 1 is 1.29 bits per heavy atom. The minimum Gasteiger partial charge on any atom is -0.370 e. The van der Waals surface area contributed by atoms with Gasteiger partial charge in [0, 0.05) is 19.3 Å². The van der Waals surface area contributed by atoms with Crippen molar-refractivity contribution >= 4 is 11.7 Å². The molecule has 1 amide bonds. The lowest BCUT2D eigenvalue weighted by molar-refractivity contribution is -0.137. The number of aromatic nitrogens is 1. The number of pyridine rings is 1. The number of terminal acetylenes is 1. The molecule has 2 heterocycles. The summed E-state index contributed by atoms with van der Waals surface area (Å²) in [5.74, 6) is 2.68. The lowest BCUT2D eigenvalue weighted by Gasteiger charge is -2.34. The fraction of sp³-hybridized carbons (Fsp3) is 0.300. The van der Waals surface area contributed by atoms with Crippen LogP contribution in [-0.2, 0) is 10.9 Å². The largest absolute Gasteiger partial charge is 0.416 e. The summed E-state index contributed by atoms with van der Waals surface area (Å²) in [4.78, 5) is 18.1. The highest BCUT2D eigenvalue weighted by molar-refractivity contribution is 5.94. The van der Waals surface area contributed by atoms with Crippen LogP contribution in [0.1, 0.15) is 27.6 Å². The fourth-order valence-corrected chi connectivity index (χ4v) is 2.89. The van der Waals surface area contributed by atoms with Gasteiger partial charge in [0.25, 0.3) is 5.91 Å². The van der Waals surface area contributed by atoms with Gasteiger partial charge >= 0.3 is 6.18 Å². The predicted octanol–water partition coefficient (Wildman–Crippen LogP) is 3.04. The van der Waals surface area contributed by atoms with Gasteiger partial charge in [0.2, 0.25) is 0 Å². The second-order valence-corrected chi connectivity index (χ2v) is 6.22. The predicted molar refractivity (Wildman–Crippen MR) is 97.8 cm³/mol. The van der Waals surface area contributed by atoms with Crippen molar-refractivity contribution in [2.45, 2.75) is 12.3 Å². The Kier molecular flexibility index (Phi) is 5.85. The summed E-state index contributed by atoms with van der Waals surface area (Å²) in [7, 11) is 0. The first-order valence-electron chi connectivity index (χ1n) is 8.60. The standard InChI is InChI=1S/C20H18F3N3O2/c1-2-9-24-19(27)15-5-8-18(25-12-15)26-10-11-28-17(13-26)14-3-6-16(7-4-14)20(21,22)23/h1,3-8,12,17H,9-11,13H2,(H,24,27). The molecular formula is C20H18F3N3O2. The maximum absolute atomic E-state index is 12.7. The number of alkyl halides is 3. The molecular weight excluding hydrogens is 371 g/mol. The number of carbonyl (C=O) groups is 1. The molecule has 146 valence electrons. The quantitative estimate of drug-likeness (QED) is 0.817. The van der Waals surface area contributed by atoms with Gasteiger partial charge in [-0.3, -0.25) is 4.79 Å². The van der Waals surface area contributed by atoms with E-state index in [1.54, 1.807) is 12.1 Å². The molecule has 0 bridgehead atoms. The van der Waals surface area contributed by atoms with Gasteiger partial charge in [0.1, 0.15) is 11.9 Å². The molecule has 1 N–H and O–H groups in total. The van der Waals surface area contributed by atoms with Gasteiger partial charge in [-0.25, -0.2) is 4.98 Å². The number of nitrogens with one attached hydrogen (secondary N) is 1. The second kappa shape index (κ2) is 8.31. The molecule has 8 heteroatoms. The van der Waals surface area contributed by atoms with E-state index in [0.29, 0.717) is 36.6 Å². The zero-order chi connectivity index (χ0) is 20.1. The summed E-state index contributed by atoms with van der Waals surface area (Å²) in [6.45, 7) is 1.59. The van der Waals surface area contributed by atoms with Crippen molar-refractivity contribution in [3.63, 3.8) is 0 Å². The number of ether oxygens (including phenoxy) is 1. The summed E-state index contributed by atoms with van der Waals surface area (Å²) >= 11 is 0. The van der Waals surface area contributed by atoms with E-state index in [1.807, 2.05) is 4.90 Å². The number of carbonyl (C=O) groups excluding carboxylic acids is 1. The van der Waals surface area contributed by atoms with Crippen LogP contribution < -0.4 is 10.2 Å². The number of amides is 1. The average molecular weight is 389 g/mol. The highest BCUT2D eigenvalue weighted by Crippen LogP contribution is 2.31. The van der Waals surface area contributed by atoms with Crippen molar-refractivity contribution in [1.82, 2.24) is 10.3 Å². The van der Waals surface area contributed by atoms with Crippen molar-refractivity contribution in [3.05, 3.63) is 59.3 Å². The van der Waals surface area contributed by atoms with Gasteiger partial charge in [0.15, 0.2) is 0 Å². The molecule has 5 nitrogen and oxygen atoms in total. The molecule has 0 spiro atoms. The van der Waals surface area contributed by atoms with Gasteiger partial charge in [-0.1, -0.05) is 18.1 Å². The van der Waals surface area contributed by atoms with Crippen LogP contribution in [-0.4, -0.2) is 37.1 Å². The lowest BCUT2D eigenvalue weighted by atomic mass is 10.1. The molecule has 1 aliphatic rings. The molecule has 1 fully saturated rings. The van der Waals surface area contributed by atoms with E-state index in [1.165, 1.54) is 18.3 Å². The highest BCUT2D eigenvalue weighted by Gasteiger charge is 2.31. The number of rotatable bonds is 4. The summed E-state index contributed by atoms with van der Waals surface area (Å²) in [5, 5.41) is 2.56. The van der Waals surface area contributed by atoms with Gasteiger partial charge in [-0.15, -0.1) is 6.42 Å². The number of benzene rings is 1. The van der Waals surface area contributed by atoms with Crippen molar-refractivity contribution < 1.29 is 22.7 Å². The lowest BCUT2D eigenvalue weighted by Crippen LogP contribution is -2.38. The Morgan fingerprint density at radius 3 is 2.64 bits per heavy atom. The van der Waals surface area contributed by atoms with Crippen LogP contribution in [0.15, 0.2) is 42.6 Å². The Hall–Kier alpha value is -3.05. The van der Waals surface area contributed by atoms with Crippen LogP contribution in [0.5, 0.6) is 0 Å². The van der Waals surface area contributed by atoms with E-state index in [2.05, 4.69) is 16.2 Å². The Bertz CT molecular complexity index is 858. The van der Waals surface area contributed by atoms with E-state index >= 15 is 0 Å². The van der Waals surface area contributed by atoms with E-state index in [-0.39, 0.29) is 18.6 Å². The molecule has 0 radical (unpaired) electrons. The molecule has 1 atom stereocenters. The summed E-state index contributed by atoms with van der Waals surface area (Å²) in [6.07, 6.45) is 1.85.